The van der Waals surface area contributed by atoms with Gasteiger partial charge in [-0.15, -0.1) is 0 Å². The molecule has 4 nitrogen and oxygen atoms in total. The Morgan fingerprint density at radius 1 is 1.16 bits per heavy atom. The van der Waals surface area contributed by atoms with Gasteiger partial charge in [-0.05, 0) is 19.3 Å². The third kappa shape index (κ3) is 3.67. The number of methoxy groups -OCH3 is 2. The molecule has 1 saturated heterocycles. The minimum atomic E-state index is 0.391. The maximum atomic E-state index is 6.10. The van der Waals surface area contributed by atoms with Gasteiger partial charge in [0.25, 0.3) is 0 Å². The Kier molecular flexibility index (Phi) is 5.16. The number of ether oxygens (including phenoxy) is 3. The zero-order valence-corrected chi connectivity index (χ0v) is 12.1. The number of benzene rings is 1. The van der Waals surface area contributed by atoms with E-state index in [1.165, 1.54) is 0 Å². The van der Waals surface area contributed by atoms with Crippen molar-refractivity contribution in [3.8, 4) is 11.5 Å². The second-order valence-electron chi connectivity index (χ2n) is 4.57. The summed E-state index contributed by atoms with van der Waals surface area (Å²) in [5.74, 6) is 1.38. The lowest BCUT2D eigenvalue weighted by Crippen LogP contribution is -2.20. The van der Waals surface area contributed by atoms with Gasteiger partial charge in [-0.25, -0.2) is 0 Å². The molecule has 1 atom stereocenters. The van der Waals surface area contributed by atoms with Crippen molar-refractivity contribution in [2.24, 2.45) is 0 Å². The normalized spacial score (nSPS) is 19.6. The fourth-order valence-electron chi connectivity index (χ4n) is 2.24. The highest BCUT2D eigenvalue weighted by atomic mass is 35.5. The van der Waals surface area contributed by atoms with Gasteiger partial charge >= 0.3 is 0 Å². The van der Waals surface area contributed by atoms with Gasteiger partial charge in [0.1, 0.15) is 11.5 Å². The van der Waals surface area contributed by atoms with Crippen molar-refractivity contribution < 1.29 is 14.2 Å². The summed E-state index contributed by atoms with van der Waals surface area (Å²) in [5.41, 5.74) is 0.913. The molecular weight excluding hydrogens is 266 g/mol. The summed E-state index contributed by atoms with van der Waals surface area (Å²) in [4.78, 5) is 0. The Morgan fingerprint density at radius 3 is 2.68 bits per heavy atom. The molecule has 0 radical (unpaired) electrons. The molecule has 1 unspecified atom stereocenters. The summed E-state index contributed by atoms with van der Waals surface area (Å²) in [7, 11) is 3.25. The molecule has 1 N–H and O–H groups in total. The van der Waals surface area contributed by atoms with E-state index in [0.717, 1.165) is 43.9 Å². The van der Waals surface area contributed by atoms with Gasteiger partial charge < -0.3 is 19.5 Å². The fraction of sp³-hybridized carbons (Fsp3) is 0.571. The highest BCUT2D eigenvalue weighted by Crippen LogP contribution is 2.36. The smallest absolute Gasteiger partial charge is 0.143 e. The second-order valence-corrected chi connectivity index (χ2v) is 4.98. The summed E-state index contributed by atoms with van der Waals surface area (Å²) in [6.45, 7) is 1.64. The summed E-state index contributed by atoms with van der Waals surface area (Å²) < 4.78 is 16.1. The van der Waals surface area contributed by atoms with E-state index < -0.39 is 0 Å². The topological polar surface area (TPSA) is 39.7 Å². The lowest BCUT2D eigenvalue weighted by atomic mass is 10.1. The second kappa shape index (κ2) is 6.87. The number of halogens is 1. The molecule has 1 aliphatic rings. The standard InChI is InChI=1S/C14H20ClNO3/c1-17-13-9-12(14(18-2)8-11(13)15)16-10-4-3-6-19-7-5-10/h8-10,16H,3-7H2,1-2H3. The molecule has 0 aromatic heterocycles. The molecule has 0 amide bonds. The zero-order valence-electron chi connectivity index (χ0n) is 11.4. The largest absolute Gasteiger partial charge is 0.495 e. The number of anilines is 1. The molecule has 1 heterocycles. The van der Waals surface area contributed by atoms with Crippen LogP contribution in [0, 0.1) is 0 Å². The Bertz CT molecular complexity index is 417. The first-order chi connectivity index (χ1) is 9.24. The van der Waals surface area contributed by atoms with Crippen LogP contribution in [0.15, 0.2) is 12.1 Å². The summed E-state index contributed by atoms with van der Waals surface area (Å²) >= 11 is 6.10. The molecular formula is C14H20ClNO3. The van der Waals surface area contributed by atoms with Crippen LogP contribution >= 0.6 is 11.6 Å². The van der Waals surface area contributed by atoms with E-state index in [1.54, 1.807) is 20.3 Å². The first kappa shape index (κ1) is 14.3. The molecule has 19 heavy (non-hydrogen) atoms. The predicted octanol–water partition coefficient (Wildman–Crippen LogP) is 3.34. The summed E-state index contributed by atoms with van der Waals surface area (Å²) in [6.07, 6.45) is 3.16. The van der Waals surface area contributed by atoms with Crippen molar-refractivity contribution in [3.63, 3.8) is 0 Å². The zero-order chi connectivity index (χ0) is 13.7. The van der Waals surface area contributed by atoms with Gasteiger partial charge in [0.15, 0.2) is 0 Å². The molecule has 1 aliphatic heterocycles. The van der Waals surface area contributed by atoms with Crippen LogP contribution in [0.3, 0.4) is 0 Å². The third-order valence-corrected chi connectivity index (χ3v) is 3.58. The van der Waals surface area contributed by atoms with Crippen molar-refractivity contribution in [3.05, 3.63) is 17.2 Å². The number of hydrogen-bond donors (Lipinski definition) is 1. The van der Waals surface area contributed by atoms with Gasteiger partial charge in [0, 0.05) is 31.4 Å². The minimum Gasteiger partial charge on any atom is -0.495 e. The summed E-state index contributed by atoms with van der Waals surface area (Å²) in [6, 6.07) is 4.05. The van der Waals surface area contributed by atoms with Crippen LogP contribution in [0.5, 0.6) is 11.5 Å². The lowest BCUT2D eigenvalue weighted by Gasteiger charge is -2.20. The molecule has 1 fully saturated rings. The van der Waals surface area contributed by atoms with Crippen molar-refractivity contribution in [1.82, 2.24) is 0 Å². The Hall–Kier alpha value is -1.13. The van der Waals surface area contributed by atoms with Crippen molar-refractivity contribution in [2.75, 3.05) is 32.8 Å². The first-order valence-corrected chi connectivity index (χ1v) is 6.88. The number of hydrogen-bond acceptors (Lipinski definition) is 4. The van der Waals surface area contributed by atoms with Crippen molar-refractivity contribution >= 4 is 17.3 Å². The molecule has 2 rings (SSSR count). The SMILES string of the molecule is COc1cc(NC2CCCOCC2)c(OC)cc1Cl. The predicted molar refractivity (Wildman–Crippen MR) is 76.6 cm³/mol. The van der Waals surface area contributed by atoms with Gasteiger partial charge in [-0.2, -0.15) is 0 Å². The van der Waals surface area contributed by atoms with Gasteiger partial charge in [-0.1, -0.05) is 11.6 Å². The molecule has 1 aromatic carbocycles. The van der Waals surface area contributed by atoms with E-state index in [2.05, 4.69) is 5.32 Å². The van der Waals surface area contributed by atoms with Crippen LogP contribution in [-0.4, -0.2) is 33.5 Å². The molecule has 0 aliphatic carbocycles. The molecule has 5 heteroatoms. The van der Waals surface area contributed by atoms with Crippen LogP contribution in [0.2, 0.25) is 5.02 Å². The lowest BCUT2D eigenvalue weighted by molar-refractivity contribution is 0.144. The van der Waals surface area contributed by atoms with Crippen LogP contribution in [0.25, 0.3) is 0 Å². The monoisotopic (exact) mass is 285 g/mol. The molecule has 0 saturated carbocycles. The Labute approximate surface area is 119 Å². The maximum absolute atomic E-state index is 6.10. The van der Waals surface area contributed by atoms with Crippen molar-refractivity contribution in [1.29, 1.82) is 0 Å². The van der Waals surface area contributed by atoms with Crippen LogP contribution in [0.1, 0.15) is 19.3 Å². The van der Waals surface area contributed by atoms with Crippen LogP contribution in [0.4, 0.5) is 5.69 Å². The molecule has 0 bridgehead atoms. The van der Waals surface area contributed by atoms with E-state index in [0.29, 0.717) is 16.8 Å². The maximum Gasteiger partial charge on any atom is 0.143 e. The number of nitrogens with one attached hydrogen (secondary N) is 1. The quantitative estimate of drug-likeness (QED) is 0.921. The van der Waals surface area contributed by atoms with Crippen LogP contribution < -0.4 is 14.8 Å². The van der Waals surface area contributed by atoms with Crippen LogP contribution in [-0.2, 0) is 4.74 Å². The van der Waals surface area contributed by atoms with Gasteiger partial charge in [0.2, 0.25) is 0 Å². The first-order valence-electron chi connectivity index (χ1n) is 6.50. The third-order valence-electron chi connectivity index (χ3n) is 3.29. The molecule has 1 aromatic rings. The van der Waals surface area contributed by atoms with Crippen molar-refractivity contribution in [2.45, 2.75) is 25.3 Å². The molecule has 106 valence electrons. The number of rotatable bonds is 4. The fourth-order valence-corrected chi connectivity index (χ4v) is 2.47. The van der Waals surface area contributed by atoms with E-state index in [-0.39, 0.29) is 0 Å². The van der Waals surface area contributed by atoms with Gasteiger partial charge in [-0.3, -0.25) is 0 Å². The highest BCUT2D eigenvalue weighted by Gasteiger charge is 2.16. The van der Waals surface area contributed by atoms with E-state index in [4.69, 9.17) is 25.8 Å². The average molecular weight is 286 g/mol. The Balaban J connectivity index is 2.17. The van der Waals surface area contributed by atoms with E-state index >= 15 is 0 Å². The van der Waals surface area contributed by atoms with E-state index in [9.17, 15) is 0 Å². The van der Waals surface area contributed by atoms with E-state index in [1.807, 2.05) is 6.07 Å². The summed E-state index contributed by atoms with van der Waals surface area (Å²) in [5, 5.41) is 4.05. The molecule has 0 spiro atoms. The Morgan fingerprint density at radius 2 is 1.95 bits per heavy atom. The average Bonchev–Trinajstić information content (AvgIpc) is 2.69. The minimum absolute atomic E-state index is 0.391. The van der Waals surface area contributed by atoms with Gasteiger partial charge in [0.05, 0.1) is 24.9 Å². The highest BCUT2D eigenvalue weighted by molar-refractivity contribution is 6.32.